The lowest BCUT2D eigenvalue weighted by Crippen LogP contribution is -2.50. The molecule has 2 heterocycles. The predicted octanol–water partition coefficient (Wildman–Crippen LogP) is 4.78. The van der Waals surface area contributed by atoms with Crippen LogP contribution in [0.15, 0.2) is 71.5 Å². The minimum atomic E-state index is -0.895. The molecule has 2 aromatic heterocycles. The summed E-state index contributed by atoms with van der Waals surface area (Å²) in [5, 5.41) is 5.77. The highest BCUT2D eigenvalue weighted by molar-refractivity contribution is 5.94. The summed E-state index contributed by atoms with van der Waals surface area (Å²) in [4.78, 5) is 45.2. The van der Waals surface area contributed by atoms with Crippen molar-refractivity contribution in [3.05, 3.63) is 83.9 Å². The largest absolute Gasteiger partial charge is 0.467 e. The Morgan fingerprint density at radius 3 is 2.39 bits per heavy atom. The van der Waals surface area contributed by atoms with Gasteiger partial charge in [-0.3, -0.25) is 14.4 Å². The highest BCUT2D eigenvalue weighted by Crippen LogP contribution is 2.27. The number of carbonyl (C=O) groups is 3. The molecule has 8 heteroatoms. The number of rotatable bonds is 11. The molecule has 3 amide bonds. The lowest BCUT2D eigenvalue weighted by molar-refractivity contribution is -0.143. The number of aromatic nitrogens is 1. The summed E-state index contributed by atoms with van der Waals surface area (Å²) in [7, 11) is 0. The molecule has 0 saturated heterocycles. The van der Waals surface area contributed by atoms with Crippen LogP contribution >= 0.6 is 0 Å². The van der Waals surface area contributed by atoms with Gasteiger partial charge in [-0.15, -0.1) is 0 Å². The summed E-state index contributed by atoms with van der Waals surface area (Å²) in [5.74, 6) is 0.00615. The third-order valence-corrected chi connectivity index (χ3v) is 6.02. The van der Waals surface area contributed by atoms with Crippen LogP contribution in [0.25, 0.3) is 0 Å². The summed E-state index contributed by atoms with van der Waals surface area (Å²) in [6.07, 6.45) is 3.70. The zero-order valence-corrected chi connectivity index (χ0v) is 21.3. The van der Waals surface area contributed by atoms with Crippen LogP contribution in [0.1, 0.15) is 63.0 Å². The molecule has 0 radical (unpaired) electrons. The molecule has 3 aromatic rings. The van der Waals surface area contributed by atoms with Crippen molar-refractivity contribution >= 4 is 23.5 Å². The average molecular weight is 491 g/mol. The molecule has 8 nitrogen and oxygen atoms in total. The number of nitrogens with zero attached hydrogens (tertiary/aromatic N) is 2. The second-order valence-corrected chi connectivity index (χ2v) is 9.40. The molecule has 0 unspecified atom stereocenters. The van der Waals surface area contributed by atoms with Gasteiger partial charge in [-0.1, -0.05) is 42.8 Å². The van der Waals surface area contributed by atoms with E-state index < -0.39 is 11.6 Å². The highest BCUT2D eigenvalue weighted by atomic mass is 16.3. The van der Waals surface area contributed by atoms with E-state index in [9.17, 15) is 14.4 Å². The quantitative estimate of drug-likeness (QED) is 0.403. The number of hydrogen-bond acceptors (Lipinski definition) is 5. The number of nitrogens with one attached hydrogen (secondary N) is 2. The van der Waals surface area contributed by atoms with Crippen LogP contribution in [0.3, 0.4) is 0 Å². The van der Waals surface area contributed by atoms with E-state index in [1.54, 1.807) is 36.5 Å². The molecular formula is C28H34N4O4. The smallest absolute Gasteiger partial charge is 0.247 e. The first kappa shape index (κ1) is 26.7. The van der Waals surface area contributed by atoms with Gasteiger partial charge in [0.1, 0.15) is 17.6 Å². The van der Waals surface area contributed by atoms with Crippen LogP contribution in [0, 0.1) is 6.92 Å². The molecular weight excluding hydrogens is 456 g/mol. The van der Waals surface area contributed by atoms with Crippen molar-refractivity contribution in [1.82, 2.24) is 15.2 Å². The minimum Gasteiger partial charge on any atom is -0.467 e. The first-order chi connectivity index (χ1) is 17.2. The molecule has 0 spiro atoms. The third-order valence-electron chi connectivity index (χ3n) is 6.02. The highest BCUT2D eigenvalue weighted by Gasteiger charge is 2.34. The summed E-state index contributed by atoms with van der Waals surface area (Å²) < 4.78 is 5.51. The van der Waals surface area contributed by atoms with E-state index in [-0.39, 0.29) is 37.1 Å². The van der Waals surface area contributed by atoms with E-state index in [2.05, 4.69) is 15.6 Å². The summed E-state index contributed by atoms with van der Waals surface area (Å²) in [6.45, 7) is 7.93. The second kappa shape index (κ2) is 12.2. The molecule has 1 aromatic carbocycles. The van der Waals surface area contributed by atoms with Crippen molar-refractivity contribution in [2.45, 2.75) is 65.1 Å². The van der Waals surface area contributed by atoms with Crippen molar-refractivity contribution in [1.29, 1.82) is 0 Å². The maximum atomic E-state index is 13.6. The number of anilines is 1. The predicted molar refractivity (Wildman–Crippen MR) is 138 cm³/mol. The van der Waals surface area contributed by atoms with Gasteiger partial charge in [0.15, 0.2) is 0 Å². The lowest BCUT2D eigenvalue weighted by atomic mass is 9.97. The van der Waals surface area contributed by atoms with Gasteiger partial charge in [-0.05, 0) is 57.0 Å². The maximum Gasteiger partial charge on any atom is 0.247 e. The number of carbonyl (C=O) groups excluding carboxylic acids is 3. The normalized spacial score (nSPS) is 12.0. The fourth-order valence-electron chi connectivity index (χ4n) is 3.61. The number of hydrogen-bond donors (Lipinski definition) is 2. The van der Waals surface area contributed by atoms with Crippen LogP contribution in [0.2, 0.25) is 0 Å². The molecule has 0 aliphatic carbocycles. The molecule has 3 rings (SSSR count). The zero-order valence-electron chi connectivity index (χ0n) is 21.3. The Morgan fingerprint density at radius 2 is 1.78 bits per heavy atom. The van der Waals surface area contributed by atoms with Gasteiger partial charge in [0, 0.05) is 24.6 Å². The Hall–Kier alpha value is -3.94. The van der Waals surface area contributed by atoms with Crippen molar-refractivity contribution in [3.63, 3.8) is 0 Å². The van der Waals surface area contributed by atoms with Gasteiger partial charge in [0.25, 0.3) is 0 Å². The maximum absolute atomic E-state index is 13.6. The van der Waals surface area contributed by atoms with E-state index in [1.807, 2.05) is 52.0 Å². The van der Waals surface area contributed by atoms with Gasteiger partial charge in [-0.2, -0.15) is 0 Å². The van der Waals surface area contributed by atoms with Crippen molar-refractivity contribution in [3.8, 4) is 0 Å². The average Bonchev–Trinajstić information content (AvgIpc) is 3.37. The van der Waals surface area contributed by atoms with Gasteiger partial charge in [0.05, 0.1) is 12.8 Å². The van der Waals surface area contributed by atoms with Gasteiger partial charge < -0.3 is 20.0 Å². The SMILES string of the molecule is CCC(C)(C)NC(=O)[C@@H](c1ccc(C)cc1)N(Cc1ccco1)C(=O)CCC(=O)Nc1ccccn1. The topological polar surface area (TPSA) is 105 Å². The van der Waals surface area contributed by atoms with Crippen molar-refractivity contribution < 1.29 is 18.8 Å². The number of furan rings is 1. The summed E-state index contributed by atoms with van der Waals surface area (Å²) in [6, 6.07) is 15.3. The summed E-state index contributed by atoms with van der Waals surface area (Å²) in [5.41, 5.74) is 1.27. The van der Waals surface area contributed by atoms with Crippen LogP contribution in [0.4, 0.5) is 5.82 Å². The fourth-order valence-corrected chi connectivity index (χ4v) is 3.61. The molecule has 0 fully saturated rings. The van der Waals surface area contributed by atoms with E-state index in [0.29, 0.717) is 17.1 Å². The van der Waals surface area contributed by atoms with E-state index in [4.69, 9.17) is 4.42 Å². The summed E-state index contributed by atoms with van der Waals surface area (Å²) >= 11 is 0. The number of pyridine rings is 1. The third kappa shape index (κ3) is 7.53. The Labute approximate surface area is 212 Å². The first-order valence-corrected chi connectivity index (χ1v) is 12.1. The molecule has 36 heavy (non-hydrogen) atoms. The number of benzene rings is 1. The number of aryl methyl sites for hydroxylation is 1. The Morgan fingerprint density at radius 1 is 1.03 bits per heavy atom. The van der Waals surface area contributed by atoms with Crippen LogP contribution in [-0.4, -0.2) is 33.1 Å². The molecule has 0 saturated carbocycles. The first-order valence-electron chi connectivity index (χ1n) is 12.1. The minimum absolute atomic E-state index is 0.0489. The Balaban J connectivity index is 1.87. The number of amides is 3. The Bertz CT molecular complexity index is 1140. The van der Waals surface area contributed by atoms with E-state index in [0.717, 1.165) is 12.0 Å². The lowest BCUT2D eigenvalue weighted by Gasteiger charge is -2.34. The van der Waals surface area contributed by atoms with Gasteiger partial charge in [-0.25, -0.2) is 4.98 Å². The monoisotopic (exact) mass is 490 g/mol. The zero-order chi connectivity index (χ0) is 26.1. The van der Waals surface area contributed by atoms with Crippen LogP contribution in [-0.2, 0) is 20.9 Å². The molecule has 2 N–H and O–H groups in total. The molecule has 0 aliphatic rings. The van der Waals surface area contributed by atoms with Crippen molar-refractivity contribution in [2.75, 3.05) is 5.32 Å². The Kier molecular flexibility index (Phi) is 9.00. The molecule has 190 valence electrons. The van der Waals surface area contributed by atoms with E-state index in [1.165, 1.54) is 11.2 Å². The fraction of sp³-hybridized carbons (Fsp3) is 0.357. The van der Waals surface area contributed by atoms with Gasteiger partial charge in [0.2, 0.25) is 17.7 Å². The van der Waals surface area contributed by atoms with Gasteiger partial charge >= 0.3 is 0 Å². The van der Waals surface area contributed by atoms with Crippen LogP contribution < -0.4 is 10.6 Å². The standard InChI is InChI=1S/C28H34N4O4/c1-5-28(3,4)31-27(35)26(21-13-11-20(2)12-14-21)32(19-22-9-8-18-36-22)25(34)16-15-24(33)30-23-10-6-7-17-29-23/h6-14,17-18,26H,5,15-16,19H2,1-4H3,(H,31,35)(H,29,30,33)/t26-/m1/s1. The second-order valence-electron chi connectivity index (χ2n) is 9.40. The van der Waals surface area contributed by atoms with Crippen molar-refractivity contribution in [2.24, 2.45) is 0 Å². The van der Waals surface area contributed by atoms with E-state index >= 15 is 0 Å². The molecule has 1 atom stereocenters. The van der Waals surface area contributed by atoms with Crippen LogP contribution in [0.5, 0.6) is 0 Å². The molecule has 0 bridgehead atoms. The molecule has 0 aliphatic heterocycles.